The van der Waals surface area contributed by atoms with Crippen LogP contribution < -0.4 is 0 Å². The van der Waals surface area contributed by atoms with Crippen molar-refractivity contribution in [2.75, 3.05) is 5.75 Å². The topological polar surface area (TPSA) is 37.3 Å². The number of aryl methyl sites for hydroxylation is 1. The number of hydrogen-bond donors (Lipinski definition) is 1. The molecule has 1 saturated heterocycles. The van der Waals surface area contributed by atoms with Crippen molar-refractivity contribution in [3.8, 4) is 0 Å². The molecular weight excluding hydrogens is 372 g/mol. The van der Waals surface area contributed by atoms with Gasteiger partial charge in [0.2, 0.25) is 0 Å². The molecule has 0 aliphatic carbocycles. The molecule has 1 aliphatic heterocycles. The smallest absolute Gasteiger partial charge is 0.151 e. The second kappa shape index (κ2) is 10.4. The zero-order chi connectivity index (χ0) is 19.1. The number of ketones is 1. The van der Waals surface area contributed by atoms with Gasteiger partial charge in [0.15, 0.2) is 5.78 Å². The molecule has 27 heavy (non-hydrogen) atoms. The number of Topliss-reactive ketones (excluding diaryl/α,β-unsaturated/α-hetero) is 1. The molecule has 0 saturated carbocycles. The Morgan fingerprint density at radius 2 is 1.96 bits per heavy atom. The van der Waals surface area contributed by atoms with E-state index < -0.39 is 0 Å². The average molecular weight is 403 g/mol. The van der Waals surface area contributed by atoms with Crippen molar-refractivity contribution < 1.29 is 9.90 Å². The third-order valence-electron chi connectivity index (χ3n) is 5.41. The molecule has 3 rings (SSSR count). The van der Waals surface area contributed by atoms with E-state index in [1.54, 1.807) is 0 Å². The number of rotatable bonds is 10. The maximum atomic E-state index is 12.5. The lowest BCUT2D eigenvalue weighted by molar-refractivity contribution is -0.117. The highest BCUT2D eigenvalue weighted by molar-refractivity contribution is 8.01. The molecule has 0 bridgehead atoms. The predicted octanol–water partition coefficient (Wildman–Crippen LogP) is 6.15. The minimum Gasteiger partial charge on any atom is -0.388 e. The minimum atomic E-state index is -0.388. The number of aliphatic hydroxyl groups excluding tert-OH is 1. The molecule has 1 aromatic heterocycles. The molecule has 0 spiro atoms. The number of carbonyl (C=O) groups excluding carboxylic acids is 1. The average Bonchev–Trinajstić information content (AvgIpc) is 3.32. The summed E-state index contributed by atoms with van der Waals surface area (Å²) in [5.41, 5.74) is 2.10. The fraction of sp³-hybridized carbons (Fsp3) is 0.522. The van der Waals surface area contributed by atoms with Gasteiger partial charge in [-0.2, -0.15) is 0 Å². The van der Waals surface area contributed by atoms with E-state index in [1.165, 1.54) is 11.3 Å². The van der Waals surface area contributed by atoms with Gasteiger partial charge in [-0.05, 0) is 48.3 Å². The minimum absolute atomic E-state index is 0.0182. The standard InChI is InChI=1S/C23H30O2S2/c1-2-3-4-9-20(24)17-11-13-18(14-12-17)23-21(25)16-27-22(23)10-5-7-19-8-6-15-26-19/h6,8,11-15,20,22-24H,2-5,7,9-10,16H2,1H3. The SMILES string of the molecule is CCCCCC(O)c1ccc(C2C(=O)CSC2CCCc2cccs2)cc1. The van der Waals surface area contributed by atoms with Gasteiger partial charge in [-0.3, -0.25) is 4.79 Å². The van der Waals surface area contributed by atoms with E-state index in [2.05, 4.69) is 36.6 Å². The first-order chi connectivity index (χ1) is 13.2. The molecule has 2 nitrogen and oxygen atoms in total. The summed E-state index contributed by atoms with van der Waals surface area (Å²) < 4.78 is 0. The van der Waals surface area contributed by atoms with Crippen molar-refractivity contribution in [1.82, 2.24) is 0 Å². The molecule has 3 atom stereocenters. The van der Waals surface area contributed by atoms with Crippen LogP contribution in [0.2, 0.25) is 0 Å². The Morgan fingerprint density at radius 3 is 2.67 bits per heavy atom. The van der Waals surface area contributed by atoms with Crippen LogP contribution in [0, 0.1) is 0 Å². The normalized spacial score (nSPS) is 20.9. The van der Waals surface area contributed by atoms with Gasteiger partial charge in [0.05, 0.1) is 17.8 Å². The Hall–Kier alpha value is -1.10. The Bertz CT molecular complexity index is 694. The monoisotopic (exact) mass is 402 g/mol. The van der Waals surface area contributed by atoms with Crippen molar-refractivity contribution in [3.63, 3.8) is 0 Å². The third-order valence-corrected chi connectivity index (χ3v) is 7.74. The van der Waals surface area contributed by atoms with Crippen molar-refractivity contribution in [2.24, 2.45) is 0 Å². The van der Waals surface area contributed by atoms with Gasteiger partial charge >= 0.3 is 0 Å². The molecule has 1 aromatic carbocycles. The zero-order valence-corrected chi connectivity index (χ0v) is 17.7. The maximum absolute atomic E-state index is 12.5. The second-order valence-corrected chi connectivity index (χ2v) is 9.70. The van der Waals surface area contributed by atoms with E-state index in [-0.39, 0.29) is 12.0 Å². The molecule has 2 aromatic rings. The fourth-order valence-electron chi connectivity index (χ4n) is 3.85. The summed E-state index contributed by atoms with van der Waals surface area (Å²) in [6.07, 6.45) is 7.15. The number of thioether (sulfide) groups is 1. The molecule has 4 heteroatoms. The number of unbranched alkanes of at least 4 members (excludes halogenated alkanes) is 2. The Kier molecular flexibility index (Phi) is 7.98. The van der Waals surface area contributed by atoms with Crippen LogP contribution in [0.1, 0.15) is 73.5 Å². The molecule has 3 unspecified atom stereocenters. The van der Waals surface area contributed by atoms with Crippen LogP contribution in [0.15, 0.2) is 41.8 Å². The summed E-state index contributed by atoms with van der Waals surface area (Å²) in [7, 11) is 0. The summed E-state index contributed by atoms with van der Waals surface area (Å²) in [4.78, 5) is 13.9. The zero-order valence-electron chi connectivity index (χ0n) is 16.1. The van der Waals surface area contributed by atoms with Gasteiger partial charge in [0, 0.05) is 10.1 Å². The highest BCUT2D eigenvalue weighted by atomic mass is 32.2. The number of hydrogen-bond acceptors (Lipinski definition) is 4. The van der Waals surface area contributed by atoms with Gasteiger partial charge in [0.25, 0.3) is 0 Å². The van der Waals surface area contributed by atoms with Crippen molar-refractivity contribution >= 4 is 28.9 Å². The lowest BCUT2D eigenvalue weighted by atomic mass is 9.88. The first-order valence-electron chi connectivity index (χ1n) is 10.1. The van der Waals surface area contributed by atoms with E-state index in [4.69, 9.17) is 0 Å². The third kappa shape index (κ3) is 5.69. The van der Waals surface area contributed by atoms with Crippen molar-refractivity contribution in [2.45, 2.75) is 69.1 Å². The van der Waals surface area contributed by atoms with Crippen LogP contribution in [-0.4, -0.2) is 21.9 Å². The van der Waals surface area contributed by atoms with Crippen LogP contribution in [0.3, 0.4) is 0 Å². The number of thiophene rings is 1. The number of aliphatic hydroxyl groups is 1. The Balaban J connectivity index is 1.58. The van der Waals surface area contributed by atoms with Gasteiger partial charge in [-0.25, -0.2) is 0 Å². The molecule has 1 fully saturated rings. The van der Waals surface area contributed by atoms with Crippen LogP contribution in [0.25, 0.3) is 0 Å². The van der Waals surface area contributed by atoms with Crippen LogP contribution in [-0.2, 0) is 11.2 Å². The van der Waals surface area contributed by atoms with E-state index >= 15 is 0 Å². The van der Waals surface area contributed by atoms with Crippen LogP contribution >= 0.6 is 23.1 Å². The number of benzene rings is 1. The lowest BCUT2D eigenvalue weighted by Crippen LogP contribution is -2.17. The Morgan fingerprint density at radius 1 is 1.15 bits per heavy atom. The highest BCUT2D eigenvalue weighted by Gasteiger charge is 2.36. The van der Waals surface area contributed by atoms with Gasteiger partial charge < -0.3 is 5.11 Å². The first kappa shape index (κ1) is 20.6. The highest BCUT2D eigenvalue weighted by Crippen LogP contribution is 2.40. The summed E-state index contributed by atoms with van der Waals surface area (Å²) >= 11 is 3.64. The molecule has 2 heterocycles. The van der Waals surface area contributed by atoms with Crippen molar-refractivity contribution in [3.05, 3.63) is 57.8 Å². The molecular formula is C23H30O2S2. The predicted molar refractivity (Wildman–Crippen MR) is 117 cm³/mol. The summed E-state index contributed by atoms with van der Waals surface area (Å²) in [5, 5.41) is 12.9. The summed E-state index contributed by atoms with van der Waals surface area (Å²) in [6, 6.07) is 12.5. The van der Waals surface area contributed by atoms with E-state index in [0.29, 0.717) is 16.8 Å². The van der Waals surface area contributed by atoms with E-state index in [1.807, 2.05) is 35.2 Å². The second-order valence-electron chi connectivity index (χ2n) is 7.44. The maximum Gasteiger partial charge on any atom is 0.151 e. The van der Waals surface area contributed by atoms with Crippen LogP contribution in [0.4, 0.5) is 0 Å². The van der Waals surface area contributed by atoms with E-state index in [0.717, 1.165) is 49.7 Å². The van der Waals surface area contributed by atoms with Gasteiger partial charge in [0.1, 0.15) is 0 Å². The van der Waals surface area contributed by atoms with Crippen molar-refractivity contribution in [1.29, 1.82) is 0 Å². The molecule has 1 aliphatic rings. The van der Waals surface area contributed by atoms with E-state index in [9.17, 15) is 9.90 Å². The molecule has 0 amide bonds. The number of carbonyl (C=O) groups is 1. The summed E-state index contributed by atoms with van der Waals surface area (Å²) in [6.45, 7) is 2.18. The fourth-order valence-corrected chi connectivity index (χ4v) is 5.99. The molecule has 146 valence electrons. The van der Waals surface area contributed by atoms with Gasteiger partial charge in [-0.15, -0.1) is 23.1 Å². The molecule has 0 radical (unpaired) electrons. The van der Waals surface area contributed by atoms with Gasteiger partial charge in [-0.1, -0.05) is 56.5 Å². The largest absolute Gasteiger partial charge is 0.388 e. The molecule has 1 N–H and O–H groups in total. The lowest BCUT2D eigenvalue weighted by Gasteiger charge is -2.19. The first-order valence-corrected chi connectivity index (χ1v) is 12.1. The summed E-state index contributed by atoms with van der Waals surface area (Å²) in [5.74, 6) is 1.01. The van der Waals surface area contributed by atoms with Crippen LogP contribution in [0.5, 0.6) is 0 Å². The quantitative estimate of drug-likeness (QED) is 0.484. The Labute approximate surface area is 171 Å².